The van der Waals surface area contributed by atoms with Gasteiger partial charge in [0.2, 0.25) is 5.91 Å². The van der Waals surface area contributed by atoms with Crippen LogP contribution in [0.15, 0.2) is 66.7 Å². The summed E-state index contributed by atoms with van der Waals surface area (Å²) in [6.45, 7) is 6.52. The van der Waals surface area contributed by atoms with Gasteiger partial charge < -0.3 is 14.8 Å². The molecule has 38 heavy (non-hydrogen) atoms. The van der Waals surface area contributed by atoms with E-state index in [9.17, 15) is 4.79 Å². The van der Waals surface area contributed by atoms with Crippen LogP contribution in [0.1, 0.15) is 33.6 Å². The van der Waals surface area contributed by atoms with Crippen molar-refractivity contribution >= 4 is 40.9 Å². The van der Waals surface area contributed by atoms with Gasteiger partial charge in [-0.1, -0.05) is 53.0 Å². The zero-order valence-electron chi connectivity index (χ0n) is 21.7. The third-order valence-corrected chi connectivity index (χ3v) is 6.85. The first-order chi connectivity index (χ1) is 18.2. The zero-order valence-corrected chi connectivity index (χ0v) is 23.2. The quantitative estimate of drug-likeness (QED) is 0.221. The average molecular weight is 550 g/mol. The number of aromatic nitrogens is 2. The number of amides is 1. The van der Waals surface area contributed by atoms with Crippen LogP contribution < -0.4 is 14.8 Å². The Labute approximate surface area is 232 Å². The number of aryl methyl sites for hydroxylation is 2. The number of halogens is 2. The van der Waals surface area contributed by atoms with E-state index in [1.807, 2.05) is 63.2 Å². The van der Waals surface area contributed by atoms with Gasteiger partial charge >= 0.3 is 0 Å². The van der Waals surface area contributed by atoms with Crippen LogP contribution in [0.4, 0.5) is 5.69 Å². The SMILES string of the molecule is COc1ccc(/C=C/C(=O)Nc2c(C)nn(Cc3c(Cl)cccc3Cl)c2C)cc1COc1ccc(C)cc1. The zero-order chi connectivity index (χ0) is 27.2. The lowest BCUT2D eigenvalue weighted by molar-refractivity contribution is -0.111. The van der Waals surface area contributed by atoms with Gasteiger partial charge in [-0.25, -0.2) is 0 Å². The summed E-state index contributed by atoms with van der Waals surface area (Å²) in [5.41, 5.74) is 5.84. The van der Waals surface area contributed by atoms with E-state index in [1.54, 1.807) is 36.1 Å². The highest BCUT2D eigenvalue weighted by molar-refractivity contribution is 6.36. The first-order valence-electron chi connectivity index (χ1n) is 12.1. The average Bonchev–Trinajstić information content (AvgIpc) is 3.16. The third kappa shape index (κ3) is 6.57. The maximum Gasteiger partial charge on any atom is 0.248 e. The molecule has 0 fully saturated rings. The first-order valence-corrected chi connectivity index (χ1v) is 12.8. The molecule has 1 N–H and O–H groups in total. The molecule has 0 aliphatic heterocycles. The van der Waals surface area contributed by atoms with Crippen LogP contribution in [0.3, 0.4) is 0 Å². The summed E-state index contributed by atoms with van der Waals surface area (Å²) in [4.78, 5) is 12.8. The fraction of sp³-hybridized carbons (Fsp3) is 0.200. The highest BCUT2D eigenvalue weighted by Gasteiger charge is 2.16. The predicted octanol–water partition coefficient (Wildman–Crippen LogP) is 7.40. The van der Waals surface area contributed by atoms with Crippen LogP contribution in [0.2, 0.25) is 10.0 Å². The number of nitrogens with zero attached hydrogens (tertiary/aromatic N) is 2. The van der Waals surface area contributed by atoms with Crippen LogP contribution in [-0.4, -0.2) is 22.8 Å². The molecular weight excluding hydrogens is 521 g/mol. The number of benzene rings is 3. The van der Waals surface area contributed by atoms with Gasteiger partial charge in [0.25, 0.3) is 0 Å². The van der Waals surface area contributed by atoms with E-state index in [0.717, 1.165) is 33.9 Å². The molecule has 196 valence electrons. The third-order valence-electron chi connectivity index (χ3n) is 6.15. The Bertz CT molecular complexity index is 1460. The number of hydrogen-bond donors (Lipinski definition) is 1. The predicted molar refractivity (Wildman–Crippen MR) is 153 cm³/mol. The van der Waals surface area contributed by atoms with E-state index in [2.05, 4.69) is 10.4 Å². The van der Waals surface area contributed by atoms with E-state index in [-0.39, 0.29) is 5.91 Å². The second-order valence-electron chi connectivity index (χ2n) is 8.90. The molecule has 1 aromatic heterocycles. The summed E-state index contributed by atoms with van der Waals surface area (Å²) in [6, 6.07) is 19.0. The second-order valence-corrected chi connectivity index (χ2v) is 9.71. The number of hydrogen-bond acceptors (Lipinski definition) is 4. The van der Waals surface area contributed by atoms with Gasteiger partial charge in [0, 0.05) is 27.2 Å². The monoisotopic (exact) mass is 549 g/mol. The van der Waals surface area contributed by atoms with Crippen molar-refractivity contribution in [2.45, 2.75) is 33.9 Å². The Hall–Kier alpha value is -3.74. The molecule has 0 aliphatic rings. The fourth-order valence-electron chi connectivity index (χ4n) is 4.01. The van der Waals surface area contributed by atoms with Crippen LogP contribution in [0, 0.1) is 20.8 Å². The van der Waals surface area contributed by atoms with Crippen molar-refractivity contribution < 1.29 is 14.3 Å². The van der Waals surface area contributed by atoms with Gasteiger partial charge in [0.1, 0.15) is 18.1 Å². The first kappa shape index (κ1) is 27.3. The molecule has 1 heterocycles. The van der Waals surface area contributed by atoms with E-state index in [4.69, 9.17) is 32.7 Å². The maximum absolute atomic E-state index is 12.8. The molecule has 0 saturated heterocycles. The molecule has 0 radical (unpaired) electrons. The molecule has 1 amide bonds. The Kier molecular flexibility index (Phi) is 8.77. The number of rotatable bonds is 9. The summed E-state index contributed by atoms with van der Waals surface area (Å²) < 4.78 is 13.2. The van der Waals surface area contributed by atoms with Crippen LogP contribution in [0.25, 0.3) is 6.08 Å². The Morgan fingerprint density at radius 1 is 1.03 bits per heavy atom. The number of anilines is 1. The molecule has 3 aromatic carbocycles. The lowest BCUT2D eigenvalue weighted by atomic mass is 10.1. The van der Waals surface area contributed by atoms with Crippen molar-refractivity contribution in [3.63, 3.8) is 0 Å². The smallest absolute Gasteiger partial charge is 0.248 e. The van der Waals surface area contributed by atoms with Gasteiger partial charge in [-0.2, -0.15) is 5.10 Å². The standard InChI is InChI=1S/C30H29Cl2N3O3/c1-19-8-12-24(13-9-19)38-18-23-16-22(10-14-28(23)37-4)11-15-29(36)33-30-20(2)34-35(21(30)3)17-25-26(31)6-5-7-27(25)32/h5-16H,17-18H2,1-4H3,(H,33,36)/b15-11+. The second kappa shape index (κ2) is 12.2. The molecule has 4 rings (SSSR count). The topological polar surface area (TPSA) is 65.4 Å². The number of carbonyl (C=O) groups excluding carboxylic acids is 1. The molecule has 0 saturated carbocycles. The molecule has 0 unspecified atom stereocenters. The van der Waals surface area contributed by atoms with Gasteiger partial charge in [-0.05, 0) is 68.8 Å². The molecule has 4 aromatic rings. The minimum atomic E-state index is -0.264. The van der Waals surface area contributed by atoms with Crippen molar-refractivity contribution in [2.24, 2.45) is 0 Å². The van der Waals surface area contributed by atoms with Crippen LogP contribution in [0.5, 0.6) is 11.5 Å². The molecule has 0 atom stereocenters. The summed E-state index contributed by atoms with van der Waals surface area (Å²) in [6.07, 6.45) is 3.25. The van der Waals surface area contributed by atoms with Crippen LogP contribution in [-0.2, 0) is 17.9 Å². The Balaban J connectivity index is 1.45. The summed E-state index contributed by atoms with van der Waals surface area (Å²) in [5.74, 6) is 1.23. The molecule has 0 aliphatic carbocycles. The minimum Gasteiger partial charge on any atom is -0.496 e. The van der Waals surface area contributed by atoms with E-state index in [1.165, 1.54) is 11.6 Å². The van der Waals surface area contributed by atoms with E-state index >= 15 is 0 Å². The molecular formula is C30H29Cl2N3O3. The van der Waals surface area contributed by atoms with Gasteiger partial charge in [0.05, 0.1) is 30.7 Å². The van der Waals surface area contributed by atoms with Gasteiger partial charge in [0.15, 0.2) is 0 Å². The lowest BCUT2D eigenvalue weighted by Crippen LogP contribution is -2.10. The van der Waals surface area contributed by atoms with Crippen LogP contribution >= 0.6 is 23.2 Å². The fourth-order valence-corrected chi connectivity index (χ4v) is 4.53. The number of ether oxygens (including phenoxy) is 2. The molecule has 0 bridgehead atoms. The highest BCUT2D eigenvalue weighted by atomic mass is 35.5. The molecule has 8 heteroatoms. The van der Waals surface area contributed by atoms with E-state index in [0.29, 0.717) is 34.6 Å². The Morgan fingerprint density at radius 2 is 1.74 bits per heavy atom. The van der Waals surface area contributed by atoms with E-state index < -0.39 is 0 Å². The minimum absolute atomic E-state index is 0.264. The summed E-state index contributed by atoms with van der Waals surface area (Å²) in [7, 11) is 1.62. The molecule has 0 spiro atoms. The van der Waals surface area contributed by atoms with Crippen molar-refractivity contribution in [1.29, 1.82) is 0 Å². The number of carbonyl (C=O) groups is 1. The van der Waals surface area contributed by atoms with Crippen molar-refractivity contribution in [1.82, 2.24) is 9.78 Å². The number of methoxy groups -OCH3 is 1. The lowest BCUT2D eigenvalue weighted by Gasteiger charge is -2.11. The normalized spacial score (nSPS) is 11.1. The van der Waals surface area contributed by atoms with Crippen molar-refractivity contribution in [2.75, 3.05) is 12.4 Å². The highest BCUT2D eigenvalue weighted by Crippen LogP contribution is 2.28. The van der Waals surface area contributed by atoms with Crippen molar-refractivity contribution in [3.8, 4) is 11.5 Å². The molecule has 6 nitrogen and oxygen atoms in total. The van der Waals surface area contributed by atoms with Crippen molar-refractivity contribution in [3.05, 3.63) is 110 Å². The van der Waals surface area contributed by atoms with Gasteiger partial charge in [-0.3, -0.25) is 9.48 Å². The number of nitrogens with one attached hydrogen (secondary N) is 1. The summed E-state index contributed by atoms with van der Waals surface area (Å²) >= 11 is 12.7. The summed E-state index contributed by atoms with van der Waals surface area (Å²) in [5, 5.41) is 8.66. The largest absolute Gasteiger partial charge is 0.496 e. The Morgan fingerprint density at radius 3 is 2.42 bits per heavy atom. The maximum atomic E-state index is 12.8. The van der Waals surface area contributed by atoms with Gasteiger partial charge in [-0.15, -0.1) is 0 Å².